The third-order valence-electron chi connectivity index (χ3n) is 2.89. The Balaban J connectivity index is 3.27. The molecule has 1 nitrogen and oxygen atoms in total. The highest BCUT2D eigenvalue weighted by atomic mass is 19.4. The largest absolute Gasteiger partial charge is 0.410 e. The molecule has 1 aromatic carbocycles. The molecule has 0 saturated carbocycles. The summed E-state index contributed by atoms with van der Waals surface area (Å²) < 4.78 is 40.1. The Morgan fingerprint density at radius 3 is 2.00 bits per heavy atom. The van der Waals surface area contributed by atoms with E-state index in [-0.39, 0.29) is 17.9 Å². The molecule has 0 amide bonds. The van der Waals surface area contributed by atoms with Crippen molar-refractivity contribution in [3.63, 3.8) is 0 Å². The van der Waals surface area contributed by atoms with Gasteiger partial charge < -0.3 is 5.32 Å². The van der Waals surface area contributed by atoms with Gasteiger partial charge in [0, 0.05) is 0 Å². The van der Waals surface area contributed by atoms with E-state index in [2.05, 4.69) is 5.32 Å². The standard InChI is InChI=1S/C13H18F3N/c1-10(2)9-12(17-3,13(14,15)16)11-7-5-4-6-8-11/h4-8,10,17H,9H2,1-3H3. The summed E-state index contributed by atoms with van der Waals surface area (Å²) in [5.74, 6) is -0.0516. The Kier molecular flexibility index (Phi) is 4.20. The quantitative estimate of drug-likeness (QED) is 0.852. The molecule has 0 spiro atoms. The van der Waals surface area contributed by atoms with Crippen LogP contribution in [-0.4, -0.2) is 13.2 Å². The minimum atomic E-state index is -4.31. The minimum absolute atomic E-state index is 0.0248. The zero-order valence-corrected chi connectivity index (χ0v) is 10.3. The second kappa shape index (κ2) is 5.08. The van der Waals surface area contributed by atoms with Gasteiger partial charge in [-0.15, -0.1) is 0 Å². The van der Waals surface area contributed by atoms with Crippen LogP contribution < -0.4 is 5.32 Å². The molecule has 1 aromatic rings. The fourth-order valence-corrected chi connectivity index (χ4v) is 2.12. The molecule has 0 aliphatic heterocycles. The van der Waals surface area contributed by atoms with Crippen LogP contribution in [0.4, 0.5) is 13.2 Å². The Labute approximate surface area is 100 Å². The van der Waals surface area contributed by atoms with E-state index in [9.17, 15) is 13.2 Å². The van der Waals surface area contributed by atoms with Crippen molar-refractivity contribution in [1.29, 1.82) is 0 Å². The second-order valence-electron chi connectivity index (χ2n) is 4.62. The van der Waals surface area contributed by atoms with Gasteiger partial charge in [-0.05, 0) is 24.9 Å². The first-order valence-corrected chi connectivity index (χ1v) is 5.64. The number of nitrogens with one attached hydrogen (secondary N) is 1. The Hall–Kier alpha value is -1.03. The number of alkyl halides is 3. The summed E-state index contributed by atoms with van der Waals surface area (Å²) in [5, 5.41) is 2.48. The highest BCUT2D eigenvalue weighted by Crippen LogP contribution is 2.43. The monoisotopic (exact) mass is 245 g/mol. The number of hydrogen-bond donors (Lipinski definition) is 1. The van der Waals surface area contributed by atoms with Crippen molar-refractivity contribution in [1.82, 2.24) is 5.32 Å². The van der Waals surface area contributed by atoms with Crippen molar-refractivity contribution in [2.45, 2.75) is 32.0 Å². The van der Waals surface area contributed by atoms with E-state index in [0.717, 1.165) is 0 Å². The molecular formula is C13H18F3N. The molecule has 0 fully saturated rings. The third-order valence-corrected chi connectivity index (χ3v) is 2.89. The van der Waals surface area contributed by atoms with Gasteiger partial charge in [0.15, 0.2) is 0 Å². The summed E-state index contributed by atoms with van der Waals surface area (Å²) in [6.07, 6.45) is -4.29. The molecule has 1 unspecified atom stereocenters. The van der Waals surface area contributed by atoms with E-state index in [4.69, 9.17) is 0 Å². The van der Waals surface area contributed by atoms with Crippen molar-refractivity contribution in [3.8, 4) is 0 Å². The highest BCUT2D eigenvalue weighted by molar-refractivity contribution is 5.26. The Morgan fingerprint density at radius 1 is 1.12 bits per heavy atom. The van der Waals surface area contributed by atoms with Crippen LogP contribution in [0.3, 0.4) is 0 Å². The molecule has 0 bridgehead atoms. The first-order valence-electron chi connectivity index (χ1n) is 5.64. The van der Waals surface area contributed by atoms with Gasteiger partial charge in [0.25, 0.3) is 0 Å². The molecule has 4 heteroatoms. The summed E-state index contributed by atoms with van der Waals surface area (Å²) in [7, 11) is 1.36. The van der Waals surface area contributed by atoms with E-state index in [1.54, 1.807) is 32.0 Å². The van der Waals surface area contributed by atoms with Crippen LogP contribution in [0.2, 0.25) is 0 Å². The zero-order valence-electron chi connectivity index (χ0n) is 10.3. The lowest BCUT2D eigenvalue weighted by atomic mass is 9.82. The van der Waals surface area contributed by atoms with Gasteiger partial charge in [0.1, 0.15) is 5.54 Å². The van der Waals surface area contributed by atoms with Crippen LogP contribution in [-0.2, 0) is 5.54 Å². The summed E-state index contributed by atoms with van der Waals surface area (Å²) in [5.41, 5.74) is -1.69. The van der Waals surface area contributed by atoms with Crippen LogP contribution in [0.25, 0.3) is 0 Å². The van der Waals surface area contributed by atoms with Crippen molar-refractivity contribution in [2.75, 3.05) is 7.05 Å². The van der Waals surface area contributed by atoms with E-state index < -0.39 is 11.7 Å². The topological polar surface area (TPSA) is 12.0 Å². The summed E-state index contributed by atoms with van der Waals surface area (Å²) in [6, 6.07) is 8.02. The van der Waals surface area contributed by atoms with Crippen molar-refractivity contribution in [2.24, 2.45) is 5.92 Å². The van der Waals surface area contributed by atoms with Crippen LogP contribution in [0, 0.1) is 5.92 Å². The van der Waals surface area contributed by atoms with Gasteiger partial charge in [-0.25, -0.2) is 0 Å². The lowest BCUT2D eigenvalue weighted by molar-refractivity contribution is -0.204. The fraction of sp³-hybridized carbons (Fsp3) is 0.538. The molecule has 0 heterocycles. The van der Waals surface area contributed by atoms with Crippen LogP contribution in [0.15, 0.2) is 30.3 Å². The summed E-state index contributed by atoms with van der Waals surface area (Å²) in [4.78, 5) is 0. The second-order valence-corrected chi connectivity index (χ2v) is 4.62. The van der Waals surface area contributed by atoms with Gasteiger partial charge in [-0.1, -0.05) is 44.2 Å². The molecule has 0 aromatic heterocycles. The first-order chi connectivity index (χ1) is 7.83. The summed E-state index contributed by atoms with van der Waals surface area (Å²) in [6.45, 7) is 3.58. The maximum atomic E-state index is 13.4. The first kappa shape index (κ1) is 14.0. The fourth-order valence-electron chi connectivity index (χ4n) is 2.12. The smallest absolute Gasteiger partial charge is 0.303 e. The van der Waals surface area contributed by atoms with E-state index in [1.807, 2.05) is 0 Å². The van der Waals surface area contributed by atoms with Crippen molar-refractivity contribution in [3.05, 3.63) is 35.9 Å². The molecule has 96 valence electrons. The number of rotatable bonds is 4. The molecule has 17 heavy (non-hydrogen) atoms. The van der Waals surface area contributed by atoms with Crippen LogP contribution in [0.5, 0.6) is 0 Å². The van der Waals surface area contributed by atoms with Gasteiger partial charge in [-0.2, -0.15) is 13.2 Å². The van der Waals surface area contributed by atoms with Crippen molar-refractivity contribution >= 4 is 0 Å². The van der Waals surface area contributed by atoms with Gasteiger partial charge in [-0.3, -0.25) is 0 Å². The average Bonchev–Trinajstić information content (AvgIpc) is 2.25. The predicted octanol–water partition coefficient (Wildman–Crippen LogP) is 3.71. The zero-order chi connectivity index (χ0) is 13.1. The van der Waals surface area contributed by atoms with Crippen molar-refractivity contribution < 1.29 is 13.2 Å². The number of hydrogen-bond acceptors (Lipinski definition) is 1. The lowest BCUT2D eigenvalue weighted by Crippen LogP contribution is -2.53. The minimum Gasteiger partial charge on any atom is -0.303 e. The predicted molar refractivity (Wildman–Crippen MR) is 62.7 cm³/mol. The maximum Gasteiger partial charge on any atom is 0.410 e. The summed E-state index contributed by atoms with van der Waals surface area (Å²) >= 11 is 0. The Bertz CT molecular complexity index is 345. The van der Waals surface area contributed by atoms with E-state index >= 15 is 0 Å². The van der Waals surface area contributed by atoms with Crippen LogP contribution >= 0.6 is 0 Å². The molecule has 1 rings (SSSR count). The Morgan fingerprint density at radius 2 is 1.65 bits per heavy atom. The van der Waals surface area contributed by atoms with Gasteiger partial charge >= 0.3 is 6.18 Å². The lowest BCUT2D eigenvalue weighted by Gasteiger charge is -2.37. The molecule has 1 atom stereocenters. The normalized spacial score (nSPS) is 15.9. The number of halogens is 3. The highest BCUT2D eigenvalue weighted by Gasteiger charge is 2.54. The number of benzene rings is 1. The molecular weight excluding hydrogens is 227 g/mol. The molecule has 1 N–H and O–H groups in total. The van der Waals surface area contributed by atoms with Gasteiger partial charge in [0.05, 0.1) is 0 Å². The molecule has 0 radical (unpaired) electrons. The maximum absolute atomic E-state index is 13.4. The molecule has 0 aliphatic carbocycles. The van der Waals surface area contributed by atoms with E-state index in [0.29, 0.717) is 0 Å². The molecule has 0 aliphatic rings. The average molecular weight is 245 g/mol. The van der Waals surface area contributed by atoms with Crippen LogP contribution in [0.1, 0.15) is 25.8 Å². The van der Waals surface area contributed by atoms with E-state index in [1.165, 1.54) is 19.2 Å². The SMILES string of the molecule is CNC(CC(C)C)(c1ccccc1)C(F)(F)F. The molecule has 0 saturated heterocycles. The van der Waals surface area contributed by atoms with Gasteiger partial charge in [0.2, 0.25) is 0 Å². The third kappa shape index (κ3) is 2.80.